The molecule has 2 amide bonds. The standard InChI is InChI=1S/C12H14N2O2S2/c1-8(12(17)18)9-3-2-6-13(7-9)14-10(15)4-5-11(14)16/h2-3,6,8H,4-5,7H2,1H3,(H,17,18). The first-order chi connectivity index (χ1) is 8.50. The molecule has 1 fully saturated rings. The number of allylic oxidation sites excluding steroid dienone is 2. The van der Waals surface area contributed by atoms with Gasteiger partial charge in [0, 0.05) is 25.0 Å². The minimum atomic E-state index is -0.146. The van der Waals surface area contributed by atoms with Gasteiger partial charge >= 0.3 is 0 Å². The van der Waals surface area contributed by atoms with Crippen molar-refractivity contribution >= 4 is 40.9 Å². The van der Waals surface area contributed by atoms with Gasteiger partial charge < -0.3 is 0 Å². The first-order valence-corrected chi connectivity index (χ1v) is 6.58. The van der Waals surface area contributed by atoms with Gasteiger partial charge in [-0.05, 0) is 11.6 Å². The Labute approximate surface area is 117 Å². The van der Waals surface area contributed by atoms with Crippen molar-refractivity contribution < 1.29 is 9.59 Å². The van der Waals surface area contributed by atoms with Crippen LogP contribution in [0.3, 0.4) is 0 Å². The van der Waals surface area contributed by atoms with Crippen molar-refractivity contribution in [1.82, 2.24) is 10.0 Å². The highest BCUT2D eigenvalue weighted by Crippen LogP contribution is 2.23. The number of carbonyl (C=O) groups is 2. The lowest BCUT2D eigenvalue weighted by Gasteiger charge is -2.32. The Morgan fingerprint density at radius 2 is 2.00 bits per heavy atom. The monoisotopic (exact) mass is 282 g/mol. The number of rotatable bonds is 3. The number of thiocarbonyl (C=S) groups is 1. The molecule has 2 rings (SSSR count). The van der Waals surface area contributed by atoms with E-state index >= 15 is 0 Å². The van der Waals surface area contributed by atoms with Crippen LogP contribution in [0.25, 0.3) is 0 Å². The van der Waals surface area contributed by atoms with Crippen LogP contribution < -0.4 is 0 Å². The van der Waals surface area contributed by atoms with Crippen LogP contribution in [0, 0.1) is 5.92 Å². The maximum Gasteiger partial charge on any atom is 0.248 e. The van der Waals surface area contributed by atoms with Crippen molar-refractivity contribution in [3.8, 4) is 0 Å². The number of nitrogens with zero attached hydrogens (tertiary/aromatic N) is 2. The molecule has 96 valence electrons. The van der Waals surface area contributed by atoms with Crippen LogP contribution in [0.5, 0.6) is 0 Å². The Kier molecular flexibility index (Phi) is 3.87. The molecule has 0 aliphatic carbocycles. The van der Waals surface area contributed by atoms with Crippen LogP contribution in [-0.4, -0.2) is 32.6 Å². The zero-order valence-electron chi connectivity index (χ0n) is 10.00. The maximum absolute atomic E-state index is 11.7. The van der Waals surface area contributed by atoms with E-state index in [0.717, 1.165) is 5.57 Å². The zero-order valence-corrected chi connectivity index (χ0v) is 11.7. The Bertz CT molecular complexity index is 455. The van der Waals surface area contributed by atoms with Gasteiger partial charge in [0.05, 0.1) is 10.7 Å². The summed E-state index contributed by atoms with van der Waals surface area (Å²) < 4.78 is 0.607. The number of hydrazine groups is 1. The molecule has 1 unspecified atom stereocenters. The van der Waals surface area contributed by atoms with E-state index in [1.807, 2.05) is 19.1 Å². The molecule has 0 spiro atoms. The molecule has 2 heterocycles. The molecule has 0 radical (unpaired) electrons. The summed E-state index contributed by atoms with van der Waals surface area (Å²) in [7, 11) is 0. The Hall–Kier alpha value is -1.14. The van der Waals surface area contributed by atoms with Crippen molar-refractivity contribution in [3.63, 3.8) is 0 Å². The number of hydrogen-bond acceptors (Lipinski definition) is 4. The Morgan fingerprint density at radius 1 is 1.39 bits per heavy atom. The fourth-order valence-electron chi connectivity index (χ4n) is 1.99. The SMILES string of the molecule is CC(C(=S)S)C1=CC=CN(N2C(=O)CCC2=O)C1. The van der Waals surface area contributed by atoms with Crippen LogP contribution in [-0.2, 0) is 9.59 Å². The Balaban J connectivity index is 2.13. The minimum absolute atomic E-state index is 0.0450. The van der Waals surface area contributed by atoms with Crippen LogP contribution in [0.4, 0.5) is 0 Å². The normalized spacial score (nSPS) is 21.3. The summed E-state index contributed by atoms with van der Waals surface area (Å²) in [6.45, 7) is 2.46. The van der Waals surface area contributed by atoms with Gasteiger partial charge in [-0.25, -0.2) is 0 Å². The van der Waals surface area contributed by atoms with E-state index in [2.05, 4.69) is 12.6 Å². The van der Waals surface area contributed by atoms with E-state index in [-0.39, 0.29) is 17.7 Å². The molecule has 0 aromatic heterocycles. The molecule has 0 N–H and O–H groups in total. The van der Waals surface area contributed by atoms with Crippen molar-refractivity contribution in [1.29, 1.82) is 0 Å². The second-order valence-electron chi connectivity index (χ2n) is 4.34. The number of amides is 2. The fourth-order valence-corrected chi connectivity index (χ4v) is 2.30. The number of imide groups is 1. The average molecular weight is 282 g/mol. The third-order valence-electron chi connectivity index (χ3n) is 3.12. The highest BCUT2D eigenvalue weighted by molar-refractivity contribution is 8.11. The lowest BCUT2D eigenvalue weighted by atomic mass is 10.0. The van der Waals surface area contributed by atoms with Crippen molar-refractivity contribution in [2.24, 2.45) is 5.92 Å². The number of thiol groups is 1. The molecule has 0 bridgehead atoms. The first-order valence-electron chi connectivity index (χ1n) is 5.73. The molecule has 0 aromatic carbocycles. The summed E-state index contributed by atoms with van der Waals surface area (Å²) in [6, 6.07) is 0. The van der Waals surface area contributed by atoms with Gasteiger partial charge in [-0.15, -0.1) is 12.6 Å². The minimum Gasteiger partial charge on any atom is -0.279 e. The van der Waals surface area contributed by atoms with Gasteiger partial charge in [-0.1, -0.05) is 25.2 Å². The molecular formula is C12H14N2O2S2. The van der Waals surface area contributed by atoms with Gasteiger partial charge in [-0.3, -0.25) is 14.6 Å². The third-order valence-corrected chi connectivity index (χ3v) is 3.86. The zero-order chi connectivity index (χ0) is 13.3. The van der Waals surface area contributed by atoms with Crippen LogP contribution in [0.2, 0.25) is 0 Å². The molecule has 1 atom stereocenters. The summed E-state index contributed by atoms with van der Waals surface area (Å²) in [6.07, 6.45) is 6.10. The average Bonchev–Trinajstić information content (AvgIpc) is 2.68. The van der Waals surface area contributed by atoms with E-state index in [9.17, 15) is 9.59 Å². The quantitative estimate of drug-likeness (QED) is 0.486. The second-order valence-corrected chi connectivity index (χ2v) is 5.56. The molecule has 4 nitrogen and oxygen atoms in total. The van der Waals surface area contributed by atoms with Crippen LogP contribution in [0.15, 0.2) is 23.9 Å². The lowest BCUT2D eigenvalue weighted by molar-refractivity contribution is -0.152. The van der Waals surface area contributed by atoms with Gasteiger partial charge in [-0.2, -0.15) is 5.01 Å². The predicted octanol–water partition coefficient (Wildman–Crippen LogP) is 1.70. The van der Waals surface area contributed by atoms with E-state index in [4.69, 9.17) is 12.2 Å². The molecular weight excluding hydrogens is 268 g/mol. The smallest absolute Gasteiger partial charge is 0.248 e. The van der Waals surface area contributed by atoms with E-state index in [1.54, 1.807) is 11.2 Å². The van der Waals surface area contributed by atoms with Crippen molar-refractivity contribution in [2.75, 3.05) is 6.54 Å². The molecule has 2 aliphatic rings. The first kappa shape index (κ1) is 13.3. The molecule has 18 heavy (non-hydrogen) atoms. The van der Waals surface area contributed by atoms with Crippen molar-refractivity contribution in [3.05, 3.63) is 23.9 Å². The molecule has 1 saturated heterocycles. The van der Waals surface area contributed by atoms with Gasteiger partial charge in [0.2, 0.25) is 11.8 Å². The maximum atomic E-state index is 11.7. The largest absolute Gasteiger partial charge is 0.279 e. The third kappa shape index (κ3) is 2.49. The summed E-state index contributed by atoms with van der Waals surface area (Å²) in [4.78, 5) is 23.3. The predicted molar refractivity (Wildman–Crippen MR) is 75.8 cm³/mol. The molecule has 2 aliphatic heterocycles. The van der Waals surface area contributed by atoms with E-state index in [1.165, 1.54) is 5.01 Å². The van der Waals surface area contributed by atoms with Crippen molar-refractivity contribution in [2.45, 2.75) is 19.8 Å². The van der Waals surface area contributed by atoms with Gasteiger partial charge in [0.1, 0.15) is 0 Å². The highest BCUT2D eigenvalue weighted by atomic mass is 32.1. The number of carbonyl (C=O) groups excluding carboxylic acids is 2. The van der Waals surface area contributed by atoms with Crippen LogP contribution >= 0.6 is 24.8 Å². The molecule has 0 aromatic rings. The summed E-state index contributed by atoms with van der Waals surface area (Å²) in [5, 5.41) is 2.87. The summed E-state index contributed by atoms with van der Waals surface area (Å²) in [5.41, 5.74) is 1.05. The lowest BCUT2D eigenvalue weighted by Crippen LogP contribution is -2.45. The Morgan fingerprint density at radius 3 is 2.56 bits per heavy atom. The molecule has 0 saturated carbocycles. The topological polar surface area (TPSA) is 40.6 Å². The fraction of sp³-hybridized carbons (Fsp3) is 0.417. The van der Waals surface area contributed by atoms with Crippen LogP contribution in [0.1, 0.15) is 19.8 Å². The summed E-state index contributed by atoms with van der Waals surface area (Å²) in [5.74, 6) is -0.248. The van der Waals surface area contributed by atoms with E-state index in [0.29, 0.717) is 23.6 Å². The second kappa shape index (κ2) is 5.24. The molecule has 6 heteroatoms. The van der Waals surface area contributed by atoms with E-state index < -0.39 is 0 Å². The highest BCUT2D eigenvalue weighted by Gasteiger charge is 2.34. The summed E-state index contributed by atoms with van der Waals surface area (Å²) >= 11 is 9.23. The number of hydrogen-bond donors (Lipinski definition) is 1. The van der Waals surface area contributed by atoms with Gasteiger partial charge in [0.15, 0.2) is 0 Å². The van der Waals surface area contributed by atoms with Gasteiger partial charge in [0.25, 0.3) is 0 Å².